The molecule has 1 atom stereocenters. The maximum atomic E-state index is 12.7. The number of hydrogen-bond donors (Lipinski definition) is 1. The average Bonchev–Trinajstić information content (AvgIpc) is 3.02. The summed E-state index contributed by atoms with van der Waals surface area (Å²) in [5.74, 6) is 0.373. The van der Waals surface area contributed by atoms with Crippen molar-refractivity contribution in [2.45, 2.75) is 26.8 Å². The molecule has 3 heterocycles. The lowest BCUT2D eigenvalue weighted by atomic mass is 10.0. The number of pyridine rings is 1. The zero-order chi connectivity index (χ0) is 18.4. The molecule has 1 N–H and O–H groups in total. The molecule has 1 aliphatic heterocycles. The fourth-order valence-corrected chi connectivity index (χ4v) is 3.23. The van der Waals surface area contributed by atoms with Gasteiger partial charge in [0.1, 0.15) is 23.6 Å². The highest BCUT2D eigenvalue weighted by Gasteiger charge is 2.28. The molecular formula is C20H19N3O3. The normalized spacial score (nSPS) is 15.6. The lowest BCUT2D eigenvalue weighted by Crippen LogP contribution is -2.34. The number of rotatable bonds is 2. The molecule has 0 fully saturated rings. The summed E-state index contributed by atoms with van der Waals surface area (Å²) in [6.07, 6.45) is 3.01. The van der Waals surface area contributed by atoms with Gasteiger partial charge in [-0.2, -0.15) is 0 Å². The lowest BCUT2D eigenvalue weighted by molar-refractivity contribution is 0.0928. The molecule has 0 aliphatic carbocycles. The molecule has 1 aromatic carbocycles. The molecular weight excluding hydrogens is 330 g/mol. The van der Waals surface area contributed by atoms with Gasteiger partial charge < -0.3 is 10.1 Å². The second kappa shape index (κ2) is 5.98. The van der Waals surface area contributed by atoms with Gasteiger partial charge in [0, 0.05) is 18.0 Å². The van der Waals surface area contributed by atoms with E-state index in [0.717, 1.165) is 28.0 Å². The minimum Gasteiger partial charge on any atom is -0.490 e. The predicted octanol–water partition coefficient (Wildman–Crippen LogP) is 2.48. The molecule has 4 rings (SSSR count). The highest BCUT2D eigenvalue weighted by Crippen LogP contribution is 2.36. The first kappa shape index (κ1) is 16.3. The molecule has 0 bridgehead atoms. The summed E-state index contributed by atoms with van der Waals surface area (Å²) in [5, 5.41) is 2.90. The van der Waals surface area contributed by atoms with Gasteiger partial charge in [-0.15, -0.1) is 0 Å². The minimum absolute atomic E-state index is 0.0189. The van der Waals surface area contributed by atoms with E-state index in [1.54, 1.807) is 12.3 Å². The summed E-state index contributed by atoms with van der Waals surface area (Å²) < 4.78 is 7.16. The number of carbonyl (C=O) groups is 1. The summed E-state index contributed by atoms with van der Waals surface area (Å²) in [5.41, 5.74) is 4.22. The van der Waals surface area contributed by atoms with E-state index in [4.69, 9.17) is 4.74 Å². The van der Waals surface area contributed by atoms with Crippen LogP contribution in [-0.4, -0.2) is 21.9 Å². The Morgan fingerprint density at radius 1 is 1.23 bits per heavy atom. The molecule has 0 unspecified atom stereocenters. The maximum absolute atomic E-state index is 12.7. The quantitative estimate of drug-likeness (QED) is 0.771. The number of hydrogen-bond acceptors (Lipinski definition) is 4. The lowest BCUT2D eigenvalue weighted by Gasteiger charge is -2.12. The molecule has 0 saturated heterocycles. The van der Waals surface area contributed by atoms with E-state index in [1.165, 1.54) is 10.6 Å². The van der Waals surface area contributed by atoms with E-state index in [0.29, 0.717) is 12.3 Å². The van der Waals surface area contributed by atoms with Gasteiger partial charge in [0.25, 0.3) is 11.5 Å². The van der Waals surface area contributed by atoms with Crippen molar-refractivity contribution in [3.8, 4) is 5.75 Å². The molecule has 0 saturated carbocycles. The number of aryl methyl sites for hydroxylation is 2. The van der Waals surface area contributed by atoms with Crippen LogP contribution in [0.15, 0.2) is 41.5 Å². The van der Waals surface area contributed by atoms with Crippen LogP contribution in [0.3, 0.4) is 0 Å². The molecule has 6 nitrogen and oxygen atoms in total. The van der Waals surface area contributed by atoms with Crippen LogP contribution in [0.4, 0.5) is 0 Å². The Hall–Kier alpha value is -3.15. The third-order valence-corrected chi connectivity index (χ3v) is 4.88. The van der Waals surface area contributed by atoms with Crippen molar-refractivity contribution in [1.29, 1.82) is 0 Å². The number of carbonyl (C=O) groups excluding carboxylic acids is 1. The SMILES string of the molecule is Cc1ccc2ncc(C(=O)N[C@@H]3COc4c3ccc(C)c4C)c(=O)n2c1. The van der Waals surface area contributed by atoms with Gasteiger partial charge in [0.05, 0.1) is 6.04 Å². The molecule has 3 aromatic rings. The van der Waals surface area contributed by atoms with Crippen LogP contribution >= 0.6 is 0 Å². The first-order chi connectivity index (χ1) is 12.5. The van der Waals surface area contributed by atoms with Gasteiger partial charge in [0.2, 0.25) is 0 Å². The number of amides is 1. The first-order valence-corrected chi connectivity index (χ1v) is 8.47. The molecule has 1 aliphatic rings. The van der Waals surface area contributed by atoms with Gasteiger partial charge >= 0.3 is 0 Å². The van der Waals surface area contributed by atoms with Crippen molar-refractivity contribution in [2.24, 2.45) is 0 Å². The zero-order valence-corrected chi connectivity index (χ0v) is 14.9. The molecule has 26 heavy (non-hydrogen) atoms. The monoisotopic (exact) mass is 349 g/mol. The Kier molecular flexibility index (Phi) is 3.76. The molecule has 0 radical (unpaired) electrons. The van der Waals surface area contributed by atoms with Gasteiger partial charge in [0.15, 0.2) is 0 Å². The van der Waals surface area contributed by atoms with E-state index < -0.39 is 5.91 Å². The van der Waals surface area contributed by atoms with Crippen LogP contribution in [0, 0.1) is 20.8 Å². The van der Waals surface area contributed by atoms with Crippen molar-refractivity contribution in [3.63, 3.8) is 0 Å². The number of nitrogens with one attached hydrogen (secondary N) is 1. The van der Waals surface area contributed by atoms with E-state index in [1.807, 2.05) is 39.0 Å². The van der Waals surface area contributed by atoms with Crippen molar-refractivity contribution >= 4 is 11.6 Å². The minimum atomic E-state index is -0.446. The second-order valence-electron chi connectivity index (χ2n) is 6.67. The van der Waals surface area contributed by atoms with E-state index >= 15 is 0 Å². The zero-order valence-electron chi connectivity index (χ0n) is 14.9. The number of fused-ring (bicyclic) bond motifs is 2. The summed E-state index contributed by atoms with van der Waals surface area (Å²) in [6, 6.07) is 7.32. The van der Waals surface area contributed by atoms with Crippen molar-refractivity contribution in [2.75, 3.05) is 6.61 Å². The number of aromatic nitrogens is 2. The molecule has 1 amide bonds. The summed E-state index contributed by atoms with van der Waals surface area (Å²) >= 11 is 0. The maximum Gasteiger partial charge on any atom is 0.270 e. The van der Waals surface area contributed by atoms with Gasteiger partial charge in [-0.05, 0) is 43.5 Å². The van der Waals surface area contributed by atoms with Crippen LogP contribution in [0.5, 0.6) is 5.75 Å². The fourth-order valence-electron chi connectivity index (χ4n) is 3.23. The van der Waals surface area contributed by atoms with Crippen LogP contribution in [-0.2, 0) is 0 Å². The number of benzene rings is 1. The Morgan fingerprint density at radius 3 is 2.85 bits per heavy atom. The third kappa shape index (κ3) is 2.54. The van der Waals surface area contributed by atoms with E-state index in [9.17, 15) is 9.59 Å². The standard InChI is InChI=1S/C20H19N3O3/c1-11-4-7-17-21-8-15(20(25)23(17)9-11)19(24)22-16-10-26-18-13(3)12(2)5-6-14(16)18/h4-9,16H,10H2,1-3H3,(H,22,24)/t16-/m1/s1. The molecule has 6 heteroatoms. The van der Waals surface area contributed by atoms with Gasteiger partial charge in [-0.25, -0.2) is 4.98 Å². The Balaban J connectivity index is 1.67. The van der Waals surface area contributed by atoms with Crippen LogP contribution in [0.2, 0.25) is 0 Å². The van der Waals surface area contributed by atoms with E-state index in [2.05, 4.69) is 10.3 Å². The average molecular weight is 349 g/mol. The van der Waals surface area contributed by atoms with Crippen molar-refractivity contribution in [1.82, 2.24) is 14.7 Å². The Labute approximate surface area is 150 Å². The summed E-state index contributed by atoms with van der Waals surface area (Å²) in [6.45, 7) is 6.26. The Morgan fingerprint density at radius 2 is 2.04 bits per heavy atom. The number of ether oxygens (including phenoxy) is 1. The van der Waals surface area contributed by atoms with Crippen LogP contribution < -0.4 is 15.6 Å². The van der Waals surface area contributed by atoms with Gasteiger partial charge in [-0.3, -0.25) is 14.0 Å². The molecule has 0 spiro atoms. The summed E-state index contributed by atoms with van der Waals surface area (Å²) in [7, 11) is 0. The largest absolute Gasteiger partial charge is 0.490 e. The third-order valence-electron chi connectivity index (χ3n) is 4.88. The van der Waals surface area contributed by atoms with Crippen LogP contribution in [0.1, 0.15) is 38.7 Å². The predicted molar refractivity (Wildman–Crippen MR) is 97.8 cm³/mol. The highest BCUT2D eigenvalue weighted by molar-refractivity contribution is 5.94. The van der Waals surface area contributed by atoms with E-state index in [-0.39, 0.29) is 17.2 Å². The topological polar surface area (TPSA) is 72.7 Å². The van der Waals surface area contributed by atoms with Gasteiger partial charge in [-0.1, -0.05) is 18.2 Å². The second-order valence-corrected chi connectivity index (χ2v) is 6.67. The highest BCUT2D eigenvalue weighted by atomic mass is 16.5. The van der Waals surface area contributed by atoms with Crippen molar-refractivity contribution < 1.29 is 9.53 Å². The first-order valence-electron chi connectivity index (χ1n) is 8.47. The molecule has 2 aromatic heterocycles. The smallest absolute Gasteiger partial charge is 0.270 e. The van der Waals surface area contributed by atoms with Crippen LogP contribution in [0.25, 0.3) is 5.65 Å². The fraction of sp³-hybridized carbons (Fsp3) is 0.250. The van der Waals surface area contributed by atoms with Crippen molar-refractivity contribution in [3.05, 3.63) is 74.8 Å². The molecule has 132 valence electrons. The summed E-state index contributed by atoms with van der Waals surface area (Å²) in [4.78, 5) is 29.6. The Bertz CT molecular complexity index is 1100. The number of nitrogens with zero attached hydrogens (tertiary/aromatic N) is 2.